The fourth-order valence-electron chi connectivity index (χ4n) is 4.08. The molecule has 0 N–H and O–H groups in total. The number of hydrogen-bond acceptors (Lipinski definition) is 6. The van der Waals surface area contributed by atoms with Crippen LogP contribution >= 0.6 is 0 Å². The molecule has 7 heteroatoms. The van der Waals surface area contributed by atoms with Gasteiger partial charge in [-0.25, -0.2) is 9.78 Å². The van der Waals surface area contributed by atoms with Gasteiger partial charge in [-0.2, -0.15) is 0 Å². The molecule has 0 aliphatic carbocycles. The van der Waals surface area contributed by atoms with Gasteiger partial charge in [0.25, 0.3) is 0 Å². The van der Waals surface area contributed by atoms with Crippen molar-refractivity contribution in [1.82, 2.24) is 9.55 Å². The van der Waals surface area contributed by atoms with Gasteiger partial charge >= 0.3 is 5.97 Å². The number of hydrogen-bond donors (Lipinski definition) is 0. The topological polar surface area (TPSA) is 79.7 Å². The molecule has 33 heavy (non-hydrogen) atoms. The van der Waals surface area contributed by atoms with Gasteiger partial charge in [0.1, 0.15) is 18.9 Å². The Morgan fingerprint density at radius 2 is 1.76 bits per heavy atom. The molecule has 4 aromatic rings. The molecule has 5 rings (SSSR count). The Labute approximate surface area is 190 Å². The van der Waals surface area contributed by atoms with Gasteiger partial charge < -0.3 is 18.8 Å². The van der Waals surface area contributed by atoms with Crippen molar-refractivity contribution in [2.45, 2.75) is 13.8 Å². The fourth-order valence-corrected chi connectivity index (χ4v) is 4.08. The zero-order chi connectivity index (χ0) is 22.9. The Balaban J connectivity index is 1.33. The van der Waals surface area contributed by atoms with Crippen molar-refractivity contribution >= 4 is 22.7 Å². The third-order valence-corrected chi connectivity index (χ3v) is 5.66. The van der Waals surface area contributed by atoms with Crippen molar-refractivity contribution in [3.8, 4) is 17.2 Å². The Kier molecular flexibility index (Phi) is 5.30. The number of esters is 1. The van der Waals surface area contributed by atoms with Gasteiger partial charge in [0, 0.05) is 34.1 Å². The number of fused-ring (bicyclic) bond motifs is 2. The van der Waals surface area contributed by atoms with E-state index in [2.05, 4.69) is 4.98 Å². The Morgan fingerprint density at radius 3 is 2.61 bits per heavy atom. The summed E-state index contributed by atoms with van der Waals surface area (Å²) in [4.78, 5) is 29.7. The molecule has 166 valence electrons. The first kappa shape index (κ1) is 20.8. The summed E-state index contributed by atoms with van der Waals surface area (Å²) >= 11 is 0. The number of carbonyl (C=O) groups excluding carboxylic acids is 2. The van der Waals surface area contributed by atoms with Crippen LogP contribution in [0.15, 0.2) is 60.7 Å². The molecule has 0 radical (unpaired) electrons. The molecule has 0 saturated heterocycles. The van der Waals surface area contributed by atoms with Crippen LogP contribution in [-0.4, -0.2) is 41.1 Å². The minimum Gasteiger partial charge on any atom is -0.486 e. The van der Waals surface area contributed by atoms with E-state index in [1.807, 2.05) is 66.9 Å². The van der Waals surface area contributed by atoms with Crippen molar-refractivity contribution in [3.05, 3.63) is 83.3 Å². The lowest BCUT2D eigenvalue weighted by atomic mass is 10.1. The summed E-state index contributed by atoms with van der Waals surface area (Å²) in [6.07, 6.45) is 0. The first-order valence-electron chi connectivity index (χ1n) is 10.7. The van der Waals surface area contributed by atoms with Gasteiger partial charge in [0.2, 0.25) is 5.78 Å². The van der Waals surface area contributed by atoms with E-state index < -0.39 is 5.97 Å². The number of pyridine rings is 1. The van der Waals surface area contributed by atoms with Crippen LogP contribution in [-0.2, 0) is 4.74 Å². The maximum atomic E-state index is 12.9. The number of para-hydroxylation sites is 1. The van der Waals surface area contributed by atoms with E-state index in [4.69, 9.17) is 14.2 Å². The number of ether oxygens (including phenoxy) is 3. The molecule has 0 amide bonds. The predicted octanol–water partition coefficient (Wildman–Crippen LogP) is 4.45. The Morgan fingerprint density at radius 1 is 0.970 bits per heavy atom. The molecule has 2 aromatic heterocycles. The van der Waals surface area contributed by atoms with Crippen LogP contribution in [0.2, 0.25) is 0 Å². The van der Waals surface area contributed by atoms with Crippen LogP contribution in [0.4, 0.5) is 0 Å². The number of aromatic nitrogens is 2. The largest absolute Gasteiger partial charge is 0.486 e. The minimum absolute atomic E-state index is 0.170. The van der Waals surface area contributed by atoms with Crippen LogP contribution in [0.3, 0.4) is 0 Å². The number of ketones is 1. The Bertz CT molecular complexity index is 1390. The van der Waals surface area contributed by atoms with Gasteiger partial charge in [-0.05, 0) is 44.2 Å². The molecule has 0 bridgehead atoms. The number of Topliss-reactive ketones (excluding diaryl/α,β-unsaturated/α-hetero) is 1. The molecule has 1 aliphatic rings. The highest BCUT2D eigenvalue weighted by molar-refractivity contribution is 6.00. The highest BCUT2D eigenvalue weighted by Crippen LogP contribution is 2.33. The third-order valence-electron chi connectivity index (χ3n) is 5.66. The lowest BCUT2D eigenvalue weighted by molar-refractivity contribution is 0.0469. The van der Waals surface area contributed by atoms with Crippen molar-refractivity contribution in [2.24, 2.45) is 0 Å². The summed E-state index contributed by atoms with van der Waals surface area (Å²) in [5.41, 5.74) is 3.88. The summed E-state index contributed by atoms with van der Waals surface area (Å²) < 4.78 is 18.5. The normalized spacial score (nSPS) is 12.5. The summed E-state index contributed by atoms with van der Waals surface area (Å²) in [7, 11) is 0. The van der Waals surface area contributed by atoms with E-state index in [9.17, 15) is 9.59 Å². The van der Waals surface area contributed by atoms with Crippen LogP contribution in [0.1, 0.15) is 32.2 Å². The highest BCUT2D eigenvalue weighted by Gasteiger charge is 2.20. The van der Waals surface area contributed by atoms with Gasteiger partial charge in [-0.1, -0.05) is 24.3 Å². The van der Waals surface area contributed by atoms with E-state index in [0.717, 1.165) is 22.5 Å². The van der Waals surface area contributed by atoms with E-state index in [0.29, 0.717) is 35.8 Å². The number of carbonyl (C=O) groups is 2. The summed E-state index contributed by atoms with van der Waals surface area (Å²) in [5.74, 6) is 0.477. The van der Waals surface area contributed by atoms with E-state index in [-0.39, 0.29) is 18.1 Å². The zero-order valence-electron chi connectivity index (χ0n) is 18.3. The molecular formula is C26H22N2O5. The van der Waals surface area contributed by atoms with Crippen LogP contribution in [0.25, 0.3) is 16.6 Å². The molecule has 7 nitrogen and oxygen atoms in total. The van der Waals surface area contributed by atoms with Gasteiger partial charge in [0.15, 0.2) is 18.1 Å². The van der Waals surface area contributed by atoms with Crippen molar-refractivity contribution in [1.29, 1.82) is 0 Å². The number of nitrogens with zero attached hydrogens (tertiary/aromatic N) is 2. The maximum Gasteiger partial charge on any atom is 0.357 e. The molecule has 0 fully saturated rings. The second-order valence-corrected chi connectivity index (χ2v) is 7.84. The molecule has 0 atom stereocenters. The lowest BCUT2D eigenvalue weighted by Gasteiger charge is -2.20. The molecule has 0 spiro atoms. The smallest absolute Gasteiger partial charge is 0.357 e. The molecule has 0 saturated carbocycles. The summed E-state index contributed by atoms with van der Waals surface area (Å²) in [6.45, 7) is 4.45. The molecule has 0 unspecified atom stereocenters. The number of benzene rings is 2. The first-order valence-corrected chi connectivity index (χ1v) is 10.7. The standard InChI is InChI=1S/C26H22N2O5/c1-16-13-20(17(2)28(16)19-8-10-24-25(14-19)32-12-11-31-24)23(29)15-33-26(30)22-9-7-18-5-3-4-6-21(18)27-22/h3-10,13-14H,11-12,15H2,1-2H3. The van der Waals surface area contributed by atoms with Gasteiger partial charge in [0.05, 0.1) is 5.52 Å². The zero-order valence-corrected chi connectivity index (χ0v) is 18.3. The molecule has 2 aromatic carbocycles. The summed E-state index contributed by atoms with van der Waals surface area (Å²) in [6, 6.07) is 18.4. The van der Waals surface area contributed by atoms with E-state index in [1.165, 1.54) is 0 Å². The minimum atomic E-state index is -0.630. The van der Waals surface area contributed by atoms with E-state index >= 15 is 0 Å². The molecular weight excluding hydrogens is 420 g/mol. The Hall–Kier alpha value is -4.13. The monoisotopic (exact) mass is 442 g/mol. The van der Waals surface area contributed by atoms with E-state index in [1.54, 1.807) is 12.1 Å². The average Bonchev–Trinajstić information content (AvgIpc) is 3.15. The number of aryl methyl sites for hydroxylation is 1. The van der Waals surface area contributed by atoms with Crippen LogP contribution in [0.5, 0.6) is 11.5 Å². The predicted molar refractivity (Wildman–Crippen MR) is 123 cm³/mol. The lowest BCUT2D eigenvalue weighted by Crippen LogP contribution is -2.16. The average molecular weight is 442 g/mol. The first-order chi connectivity index (χ1) is 16.0. The molecule has 1 aliphatic heterocycles. The van der Waals surface area contributed by atoms with Crippen LogP contribution in [0, 0.1) is 13.8 Å². The fraction of sp³-hybridized carbons (Fsp3) is 0.192. The SMILES string of the molecule is Cc1cc(C(=O)COC(=O)c2ccc3ccccc3n2)c(C)n1-c1ccc2c(c1)OCCO2. The molecule has 3 heterocycles. The van der Waals surface area contributed by atoms with Crippen molar-refractivity contribution < 1.29 is 23.8 Å². The highest BCUT2D eigenvalue weighted by atomic mass is 16.6. The van der Waals surface area contributed by atoms with Crippen LogP contribution < -0.4 is 9.47 Å². The number of rotatable bonds is 5. The second kappa shape index (κ2) is 8.43. The van der Waals surface area contributed by atoms with Crippen molar-refractivity contribution in [2.75, 3.05) is 19.8 Å². The quantitative estimate of drug-likeness (QED) is 0.336. The maximum absolute atomic E-state index is 12.9. The van der Waals surface area contributed by atoms with Gasteiger partial charge in [-0.3, -0.25) is 4.79 Å². The third kappa shape index (κ3) is 3.93. The second-order valence-electron chi connectivity index (χ2n) is 7.84. The summed E-state index contributed by atoms with van der Waals surface area (Å²) in [5, 5.41) is 0.928. The van der Waals surface area contributed by atoms with Gasteiger partial charge in [-0.15, -0.1) is 0 Å². The van der Waals surface area contributed by atoms with Crippen molar-refractivity contribution in [3.63, 3.8) is 0 Å².